The van der Waals surface area contributed by atoms with Crippen LogP contribution in [0.3, 0.4) is 0 Å². The van der Waals surface area contributed by atoms with E-state index in [2.05, 4.69) is 39.7 Å². The van der Waals surface area contributed by atoms with Crippen molar-refractivity contribution in [3.63, 3.8) is 0 Å². The Morgan fingerprint density at radius 3 is 3.00 bits per heavy atom. The van der Waals surface area contributed by atoms with Crippen molar-refractivity contribution in [1.82, 2.24) is 4.98 Å². The molecule has 1 fully saturated rings. The highest BCUT2D eigenvalue weighted by molar-refractivity contribution is 9.10. The highest BCUT2D eigenvalue weighted by atomic mass is 79.9. The molecule has 1 unspecified atom stereocenters. The van der Waals surface area contributed by atoms with E-state index in [0.29, 0.717) is 11.1 Å². The minimum absolute atomic E-state index is 0.0119. The lowest BCUT2D eigenvalue weighted by molar-refractivity contribution is -0.385. The van der Waals surface area contributed by atoms with E-state index in [1.165, 1.54) is 12.3 Å². The van der Waals surface area contributed by atoms with Gasteiger partial charge in [-0.05, 0) is 29.3 Å². The number of hydrogen-bond donors (Lipinski definition) is 0. The third kappa shape index (κ3) is 3.03. The van der Waals surface area contributed by atoms with Gasteiger partial charge in [-0.2, -0.15) is 0 Å². The SMILES string of the molecule is CCC1(C)CN(c2ncc([N+](=O)[O-])cc2Br)CCO1. The van der Waals surface area contributed by atoms with Crippen molar-refractivity contribution in [1.29, 1.82) is 0 Å². The van der Waals surface area contributed by atoms with Crippen molar-refractivity contribution in [3.8, 4) is 0 Å². The maximum atomic E-state index is 10.7. The fraction of sp³-hybridized carbons (Fsp3) is 0.583. The van der Waals surface area contributed by atoms with Gasteiger partial charge in [-0.15, -0.1) is 0 Å². The molecule has 7 heteroatoms. The molecule has 0 amide bonds. The molecule has 104 valence electrons. The summed E-state index contributed by atoms with van der Waals surface area (Å²) in [5, 5.41) is 10.7. The minimum atomic E-state index is -0.447. The van der Waals surface area contributed by atoms with E-state index in [4.69, 9.17) is 4.74 Å². The first kappa shape index (κ1) is 14.2. The first-order chi connectivity index (χ1) is 8.95. The first-order valence-electron chi connectivity index (χ1n) is 6.14. The van der Waals surface area contributed by atoms with Gasteiger partial charge >= 0.3 is 0 Å². The second kappa shape index (κ2) is 5.42. The Balaban J connectivity index is 2.24. The molecule has 2 rings (SSSR count). The second-order valence-electron chi connectivity index (χ2n) is 4.83. The van der Waals surface area contributed by atoms with E-state index in [1.807, 2.05) is 0 Å². The van der Waals surface area contributed by atoms with Crippen LogP contribution in [0.4, 0.5) is 11.5 Å². The Labute approximate surface area is 120 Å². The summed E-state index contributed by atoms with van der Waals surface area (Å²) in [6.07, 6.45) is 2.20. The second-order valence-corrected chi connectivity index (χ2v) is 5.68. The van der Waals surface area contributed by atoms with Gasteiger partial charge in [0.25, 0.3) is 5.69 Å². The number of morpholine rings is 1. The predicted molar refractivity (Wildman–Crippen MR) is 75.5 cm³/mol. The summed E-state index contributed by atoms with van der Waals surface area (Å²) in [5.74, 6) is 0.730. The lowest BCUT2D eigenvalue weighted by Gasteiger charge is -2.40. The predicted octanol–water partition coefficient (Wildman–Crippen LogP) is 2.76. The zero-order valence-corrected chi connectivity index (χ0v) is 12.5. The highest BCUT2D eigenvalue weighted by Crippen LogP contribution is 2.31. The van der Waals surface area contributed by atoms with Crippen LogP contribution < -0.4 is 4.90 Å². The van der Waals surface area contributed by atoms with E-state index < -0.39 is 4.92 Å². The molecule has 1 aromatic heterocycles. The monoisotopic (exact) mass is 329 g/mol. The largest absolute Gasteiger partial charge is 0.372 e. The van der Waals surface area contributed by atoms with Crippen LogP contribution >= 0.6 is 15.9 Å². The van der Waals surface area contributed by atoms with Crippen LogP contribution in [0.1, 0.15) is 20.3 Å². The van der Waals surface area contributed by atoms with Gasteiger partial charge in [0.1, 0.15) is 12.0 Å². The van der Waals surface area contributed by atoms with Gasteiger partial charge in [0.05, 0.1) is 21.6 Å². The van der Waals surface area contributed by atoms with Gasteiger partial charge in [-0.3, -0.25) is 10.1 Å². The van der Waals surface area contributed by atoms with E-state index in [0.717, 1.165) is 25.3 Å². The van der Waals surface area contributed by atoms with Crippen molar-refractivity contribution in [2.45, 2.75) is 25.9 Å². The number of halogens is 1. The summed E-state index contributed by atoms with van der Waals surface area (Å²) in [6.45, 7) is 6.25. The molecule has 0 saturated carbocycles. The maximum absolute atomic E-state index is 10.7. The van der Waals surface area contributed by atoms with Crippen molar-refractivity contribution in [2.75, 3.05) is 24.6 Å². The van der Waals surface area contributed by atoms with Gasteiger partial charge in [-0.1, -0.05) is 6.92 Å². The number of nitrogens with zero attached hydrogens (tertiary/aromatic N) is 3. The topological polar surface area (TPSA) is 68.5 Å². The average Bonchev–Trinajstić information content (AvgIpc) is 2.38. The summed E-state index contributed by atoms with van der Waals surface area (Å²) >= 11 is 3.36. The number of aromatic nitrogens is 1. The van der Waals surface area contributed by atoms with Gasteiger partial charge in [0.15, 0.2) is 0 Å². The number of nitro groups is 1. The van der Waals surface area contributed by atoms with Gasteiger partial charge in [-0.25, -0.2) is 4.98 Å². The number of hydrogen-bond acceptors (Lipinski definition) is 5. The quantitative estimate of drug-likeness (QED) is 0.630. The Morgan fingerprint density at radius 1 is 1.68 bits per heavy atom. The molecule has 1 aromatic rings. The summed E-state index contributed by atoms with van der Waals surface area (Å²) in [5.41, 5.74) is -0.205. The molecule has 1 saturated heterocycles. The molecule has 1 aliphatic rings. The summed E-state index contributed by atoms with van der Waals surface area (Å²) < 4.78 is 6.42. The van der Waals surface area contributed by atoms with Crippen LogP contribution in [0, 0.1) is 10.1 Å². The molecule has 0 bridgehead atoms. The molecule has 1 aliphatic heterocycles. The molecule has 6 nitrogen and oxygen atoms in total. The van der Waals surface area contributed by atoms with Crippen LogP contribution in [-0.4, -0.2) is 35.2 Å². The fourth-order valence-electron chi connectivity index (χ4n) is 2.08. The van der Waals surface area contributed by atoms with Crippen LogP contribution in [0.5, 0.6) is 0 Å². The van der Waals surface area contributed by atoms with Crippen molar-refractivity contribution < 1.29 is 9.66 Å². The third-order valence-corrected chi connectivity index (χ3v) is 3.99. The molecule has 1 atom stereocenters. The normalized spacial score (nSPS) is 23.4. The summed E-state index contributed by atoms with van der Waals surface area (Å²) in [7, 11) is 0. The van der Waals surface area contributed by atoms with E-state index in [1.54, 1.807) is 0 Å². The number of anilines is 1. The Morgan fingerprint density at radius 2 is 2.42 bits per heavy atom. The minimum Gasteiger partial charge on any atom is -0.372 e. The van der Waals surface area contributed by atoms with Crippen LogP contribution in [0.2, 0.25) is 0 Å². The smallest absolute Gasteiger partial charge is 0.288 e. The molecule has 19 heavy (non-hydrogen) atoms. The zero-order valence-electron chi connectivity index (χ0n) is 10.9. The molecular formula is C12H16BrN3O3. The lowest BCUT2D eigenvalue weighted by Crippen LogP contribution is -2.50. The average molecular weight is 330 g/mol. The van der Waals surface area contributed by atoms with E-state index >= 15 is 0 Å². The van der Waals surface area contributed by atoms with E-state index in [9.17, 15) is 10.1 Å². The highest BCUT2D eigenvalue weighted by Gasteiger charge is 2.31. The van der Waals surface area contributed by atoms with Crippen LogP contribution in [0.25, 0.3) is 0 Å². The van der Waals surface area contributed by atoms with Crippen molar-refractivity contribution in [3.05, 3.63) is 26.9 Å². The molecule has 0 spiro atoms. The molecule has 0 aliphatic carbocycles. The number of pyridine rings is 1. The molecule has 0 aromatic carbocycles. The summed E-state index contributed by atoms with van der Waals surface area (Å²) in [6, 6.07) is 1.49. The molecular weight excluding hydrogens is 314 g/mol. The molecule has 0 radical (unpaired) electrons. The number of ether oxygens (including phenoxy) is 1. The molecule has 0 N–H and O–H groups in total. The Bertz CT molecular complexity index is 497. The van der Waals surface area contributed by atoms with Crippen molar-refractivity contribution >= 4 is 27.4 Å². The fourth-order valence-corrected chi connectivity index (χ4v) is 2.67. The Kier molecular flexibility index (Phi) is 4.05. The Hall–Kier alpha value is -1.21. The van der Waals surface area contributed by atoms with Crippen LogP contribution in [-0.2, 0) is 4.74 Å². The first-order valence-corrected chi connectivity index (χ1v) is 6.93. The third-order valence-electron chi connectivity index (χ3n) is 3.40. The van der Waals surface area contributed by atoms with Gasteiger partial charge < -0.3 is 9.64 Å². The zero-order chi connectivity index (χ0) is 14.0. The van der Waals surface area contributed by atoms with Gasteiger partial charge in [0, 0.05) is 19.2 Å². The standard InChI is InChI=1S/C12H16BrN3O3/c1-3-12(2)8-15(4-5-19-12)11-10(13)6-9(7-14-11)16(17)18/h6-7H,3-5,8H2,1-2H3. The van der Waals surface area contributed by atoms with Crippen LogP contribution in [0.15, 0.2) is 16.7 Å². The summed E-state index contributed by atoms with van der Waals surface area (Å²) in [4.78, 5) is 16.6. The van der Waals surface area contributed by atoms with Crippen molar-refractivity contribution in [2.24, 2.45) is 0 Å². The number of rotatable bonds is 3. The molecule has 2 heterocycles. The lowest BCUT2D eigenvalue weighted by atomic mass is 10.0. The van der Waals surface area contributed by atoms with E-state index in [-0.39, 0.29) is 11.3 Å². The van der Waals surface area contributed by atoms with Gasteiger partial charge in [0.2, 0.25) is 0 Å². The maximum Gasteiger partial charge on any atom is 0.288 e.